The molecular formula is C17H15IO4S. The summed E-state index contributed by atoms with van der Waals surface area (Å²) in [5.74, 6) is 0. The Kier molecular flexibility index (Phi) is 6.37. The van der Waals surface area contributed by atoms with Gasteiger partial charge < -0.3 is 8.97 Å². The van der Waals surface area contributed by atoms with Gasteiger partial charge >= 0.3 is 21.2 Å². The quantitative estimate of drug-likeness (QED) is 0.433. The highest BCUT2D eigenvalue weighted by Crippen LogP contribution is 2.08. The van der Waals surface area contributed by atoms with Crippen molar-refractivity contribution >= 4 is 10.1 Å². The van der Waals surface area contributed by atoms with Gasteiger partial charge in [-0.1, -0.05) is 35.9 Å². The molecule has 23 heavy (non-hydrogen) atoms. The van der Waals surface area contributed by atoms with Gasteiger partial charge in [0.1, 0.15) is 16.4 Å². The summed E-state index contributed by atoms with van der Waals surface area (Å²) in [6, 6.07) is 18.4. The zero-order valence-corrected chi connectivity index (χ0v) is 15.3. The maximum Gasteiger partial charge on any atom is 0.361 e. The Labute approximate surface area is 146 Å². The van der Waals surface area contributed by atoms with E-state index in [1.54, 1.807) is 18.4 Å². The standard InChI is InChI=1S/C10H8IO.C7H8O3S/c1-2-4-9(5-3-1)11-10-6-7-12-8-10;1-6-2-4-7(5-3-6)11(8,9)10/h1-8H;2-5H,1H3,(H,8,9,10)/q+1;/p-1. The Hall–Kier alpha value is -1.64. The van der Waals surface area contributed by atoms with Crippen molar-refractivity contribution < 1.29 is 38.6 Å². The van der Waals surface area contributed by atoms with Crippen LogP contribution in [0.3, 0.4) is 0 Å². The smallest absolute Gasteiger partial charge is 0.361 e. The van der Waals surface area contributed by atoms with Crippen molar-refractivity contribution in [3.8, 4) is 0 Å². The molecule has 0 bridgehead atoms. The molecule has 0 aliphatic carbocycles. The van der Waals surface area contributed by atoms with Gasteiger partial charge in [0.2, 0.25) is 3.57 Å². The number of hydrogen-bond donors (Lipinski definition) is 0. The van der Waals surface area contributed by atoms with Crippen LogP contribution in [0.4, 0.5) is 0 Å². The predicted octanol–water partition coefficient (Wildman–Crippen LogP) is 0.307. The molecule has 0 atom stereocenters. The molecular weight excluding hydrogens is 427 g/mol. The Morgan fingerprint density at radius 3 is 2.09 bits per heavy atom. The molecule has 0 fully saturated rings. The fraction of sp³-hybridized carbons (Fsp3) is 0.0588. The second-order valence-electron chi connectivity index (χ2n) is 4.60. The summed E-state index contributed by atoms with van der Waals surface area (Å²) in [5.41, 5.74) is 0.928. The van der Waals surface area contributed by atoms with Gasteiger partial charge in [0.05, 0.1) is 11.2 Å². The number of halogens is 1. The van der Waals surface area contributed by atoms with Crippen LogP contribution >= 0.6 is 0 Å². The average Bonchev–Trinajstić information content (AvgIpc) is 3.01. The van der Waals surface area contributed by atoms with E-state index in [9.17, 15) is 13.0 Å². The van der Waals surface area contributed by atoms with Crippen LogP contribution in [0.15, 0.2) is 82.5 Å². The van der Waals surface area contributed by atoms with Crippen LogP contribution in [0.5, 0.6) is 0 Å². The van der Waals surface area contributed by atoms with Gasteiger partial charge in [0.15, 0.2) is 3.57 Å². The number of hydrogen-bond acceptors (Lipinski definition) is 4. The largest absolute Gasteiger partial charge is 0.744 e. The first-order chi connectivity index (χ1) is 10.9. The summed E-state index contributed by atoms with van der Waals surface area (Å²) in [6.45, 7) is 1.82. The summed E-state index contributed by atoms with van der Waals surface area (Å²) in [4.78, 5) is -0.178. The number of benzene rings is 2. The van der Waals surface area contributed by atoms with Gasteiger partial charge in [0, 0.05) is 6.07 Å². The number of aryl methyl sites for hydroxylation is 1. The van der Waals surface area contributed by atoms with E-state index in [1.807, 2.05) is 25.3 Å². The normalized spacial score (nSPS) is 10.7. The lowest BCUT2D eigenvalue weighted by Crippen LogP contribution is -3.61. The third-order valence-corrected chi connectivity index (χ3v) is 6.18. The van der Waals surface area contributed by atoms with Gasteiger partial charge in [-0.05, 0) is 31.2 Å². The first-order valence-electron chi connectivity index (χ1n) is 6.70. The van der Waals surface area contributed by atoms with E-state index < -0.39 is 10.1 Å². The summed E-state index contributed by atoms with van der Waals surface area (Å²) in [7, 11) is -4.27. The SMILES string of the molecule is Cc1ccc(S(=O)(=O)[O-])cc1.c1ccc([I+]c2ccoc2)cc1. The van der Waals surface area contributed by atoms with Crippen LogP contribution in [0.25, 0.3) is 0 Å². The first-order valence-corrected chi connectivity index (χ1v) is 10.3. The molecule has 3 aromatic rings. The molecule has 0 aliphatic rings. The second kappa shape index (κ2) is 8.28. The second-order valence-corrected chi connectivity index (χ2v) is 9.01. The van der Waals surface area contributed by atoms with Crippen LogP contribution in [0, 0.1) is 14.1 Å². The van der Waals surface area contributed by atoms with Gasteiger partial charge in [-0.2, -0.15) is 0 Å². The van der Waals surface area contributed by atoms with Crippen LogP contribution in [0.1, 0.15) is 5.56 Å². The van der Waals surface area contributed by atoms with E-state index in [0.717, 1.165) is 5.56 Å². The van der Waals surface area contributed by atoms with Gasteiger partial charge in [0.25, 0.3) is 0 Å². The third kappa shape index (κ3) is 6.17. The van der Waals surface area contributed by atoms with Crippen molar-refractivity contribution in [1.82, 2.24) is 0 Å². The van der Waals surface area contributed by atoms with Gasteiger partial charge in [-0.25, -0.2) is 8.42 Å². The summed E-state index contributed by atoms with van der Waals surface area (Å²) >= 11 is -0.0275. The molecule has 0 spiro atoms. The van der Waals surface area contributed by atoms with Crippen LogP contribution in [-0.4, -0.2) is 13.0 Å². The number of rotatable bonds is 3. The molecule has 0 radical (unpaired) electrons. The van der Waals surface area contributed by atoms with Crippen molar-refractivity contribution in [2.75, 3.05) is 0 Å². The maximum atomic E-state index is 10.4. The van der Waals surface area contributed by atoms with Gasteiger partial charge in [-0.15, -0.1) is 0 Å². The Morgan fingerprint density at radius 1 is 0.913 bits per heavy atom. The predicted molar refractivity (Wildman–Crippen MR) is 81.7 cm³/mol. The molecule has 1 aromatic heterocycles. The molecule has 0 aliphatic heterocycles. The van der Waals surface area contributed by atoms with E-state index in [2.05, 4.69) is 24.3 Å². The van der Waals surface area contributed by atoms with Crippen molar-refractivity contribution in [3.05, 3.63) is 85.9 Å². The van der Waals surface area contributed by atoms with Gasteiger partial charge in [-0.3, -0.25) is 0 Å². The fourth-order valence-electron chi connectivity index (χ4n) is 1.61. The Bertz CT molecular complexity index is 811. The maximum absolute atomic E-state index is 10.4. The highest BCUT2D eigenvalue weighted by molar-refractivity contribution is 7.85. The van der Waals surface area contributed by atoms with Crippen molar-refractivity contribution in [3.63, 3.8) is 0 Å². The molecule has 2 aromatic carbocycles. The fourth-order valence-corrected chi connectivity index (χ4v) is 4.17. The first kappa shape index (κ1) is 17.7. The van der Waals surface area contributed by atoms with Crippen LogP contribution in [-0.2, 0) is 10.1 Å². The molecule has 3 rings (SSSR count). The van der Waals surface area contributed by atoms with E-state index >= 15 is 0 Å². The molecule has 0 saturated heterocycles. The lowest BCUT2D eigenvalue weighted by atomic mass is 10.2. The molecule has 0 amide bonds. The third-order valence-electron chi connectivity index (χ3n) is 2.75. The summed E-state index contributed by atoms with van der Waals surface area (Å²) < 4.78 is 38.9. The molecule has 6 heteroatoms. The minimum Gasteiger partial charge on any atom is -0.744 e. The molecule has 120 valence electrons. The van der Waals surface area contributed by atoms with E-state index in [1.165, 1.54) is 19.3 Å². The minimum absolute atomic E-state index is 0.0275. The summed E-state index contributed by atoms with van der Waals surface area (Å²) in [5, 5.41) is 0. The molecule has 0 N–H and O–H groups in total. The van der Waals surface area contributed by atoms with Crippen molar-refractivity contribution in [2.45, 2.75) is 11.8 Å². The van der Waals surface area contributed by atoms with E-state index in [4.69, 9.17) is 4.42 Å². The van der Waals surface area contributed by atoms with E-state index in [-0.39, 0.29) is 26.1 Å². The highest BCUT2D eigenvalue weighted by Gasteiger charge is 2.15. The zero-order chi connectivity index (χ0) is 16.7. The lowest BCUT2D eigenvalue weighted by molar-refractivity contribution is -0.597. The Balaban J connectivity index is 0.000000168. The monoisotopic (exact) mass is 442 g/mol. The van der Waals surface area contributed by atoms with Crippen molar-refractivity contribution in [2.24, 2.45) is 0 Å². The topological polar surface area (TPSA) is 70.3 Å². The number of furan rings is 1. The van der Waals surface area contributed by atoms with E-state index in [0.29, 0.717) is 0 Å². The molecule has 0 saturated carbocycles. The molecule has 1 heterocycles. The average molecular weight is 442 g/mol. The zero-order valence-electron chi connectivity index (χ0n) is 12.3. The highest BCUT2D eigenvalue weighted by atomic mass is 127. The summed E-state index contributed by atoms with van der Waals surface area (Å²) in [6.07, 6.45) is 3.57. The molecule has 4 nitrogen and oxygen atoms in total. The lowest BCUT2D eigenvalue weighted by Gasteiger charge is -2.05. The minimum atomic E-state index is -4.27. The van der Waals surface area contributed by atoms with Crippen LogP contribution < -0.4 is 21.2 Å². The molecule has 0 unspecified atom stereocenters. The van der Waals surface area contributed by atoms with Crippen molar-refractivity contribution in [1.29, 1.82) is 0 Å². The Morgan fingerprint density at radius 2 is 1.57 bits per heavy atom. The van der Waals surface area contributed by atoms with Crippen LogP contribution in [0.2, 0.25) is 0 Å².